The molecule has 0 heterocycles. The van der Waals surface area contributed by atoms with E-state index in [0.29, 0.717) is 6.54 Å². The molecule has 1 aromatic carbocycles. The normalized spacial score (nSPS) is 12.5. The lowest BCUT2D eigenvalue weighted by Gasteiger charge is -2.08. The molecule has 0 fully saturated rings. The minimum Gasteiger partial charge on any atom is -0.370 e. The lowest BCUT2D eigenvalue weighted by Crippen LogP contribution is -2.23. The molecular weight excluding hydrogens is 245 g/mol. The van der Waals surface area contributed by atoms with Crippen LogP contribution < -0.4 is 11.1 Å². The largest absolute Gasteiger partial charge is 0.370 e. The van der Waals surface area contributed by atoms with Gasteiger partial charge in [0.1, 0.15) is 4.90 Å². The first-order chi connectivity index (χ1) is 7.86. The second-order valence-corrected chi connectivity index (χ2v) is 5.36. The summed E-state index contributed by atoms with van der Waals surface area (Å²) in [7, 11) is -3.60. The molecule has 3 N–H and O–H groups in total. The van der Waals surface area contributed by atoms with E-state index in [1.54, 1.807) is 6.92 Å². The van der Waals surface area contributed by atoms with Crippen LogP contribution in [-0.2, 0) is 9.84 Å². The molecule has 0 aliphatic carbocycles. The molecule has 0 bridgehead atoms. The second-order valence-electron chi connectivity index (χ2n) is 3.37. The van der Waals surface area contributed by atoms with E-state index >= 15 is 0 Å². The molecule has 0 aromatic heterocycles. The number of nitrogens with one attached hydrogen (secondary N) is 1. The third kappa shape index (κ3) is 3.42. The monoisotopic (exact) mass is 259 g/mol. The molecule has 0 saturated carbocycles. The topological polar surface area (TPSA) is 84.5 Å². The highest BCUT2D eigenvalue weighted by Crippen LogP contribution is 2.21. The first-order valence-electron chi connectivity index (χ1n) is 4.91. The van der Waals surface area contributed by atoms with Crippen molar-refractivity contribution >= 4 is 21.5 Å². The van der Waals surface area contributed by atoms with Crippen LogP contribution in [0.4, 0.5) is 10.1 Å². The molecule has 17 heavy (non-hydrogen) atoms. The molecule has 1 aromatic rings. The summed E-state index contributed by atoms with van der Waals surface area (Å²) in [6.07, 6.45) is 0.943. The zero-order valence-electron chi connectivity index (χ0n) is 9.57. The van der Waals surface area contributed by atoms with Crippen LogP contribution in [0.1, 0.15) is 6.92 Å². The summed E-state index contributed by atoms with van der Waals surface area (Å²) < 4.78 is 36.4. The van der Waals surface area contributed by atoms with Crippen molar-refractivity contribution in [1.29, 1.82) is 0 Å². The van der Waals surface area contributed by atoms with Gasteiger partial charge in [0.05, 0.1) is 5.69 Å². The van der Waals surface area contributed by atoms with Crippen LogP contribution in [0.2, 0.25) is 0 Å². The summed E-state index contributed by atoms with van der Waals surface area (Å²) in [4.78, 5) is 3.45. The number of guanidine groups is 1. The van der Waals surface area contributed by atoms with Crippen LogP contribution in [0, 0.1) is 5.82 Å². The van der Waals surface area contributed by atoms with Gasteiger partial charge in [-0.2, -0.15) is 0 Å². The maximum Gasteiger partial charge on any atom is 0.193 e. The molecule has 0 saturated heterocycles. The van der Waals surface area contributed by atoms with E-state index in [0.717, 1.165) is 6.26 Å². The molecule has 0 aliphatic heterocycles. The van der Waals surface area contributed by atoms with Crippen molar-refractivity contribution in [3.63, 3.8) is 0 Å². The van der Waals surface area contributed by atoms with Crippen molar-refractivity contribution in [2.24, 2.45) is 10.7 Å². The van der Waals surface area contributed by atoms with Gasteiger partial charge in [0, 0.05) is 12.8 Å². The Balaban J connectivity index is 3.16. The van der Waals surface area contributed by atoms with Crippen LogP contribution in [0.25, 0.3) is 0 Å². The molecule has 0 amide bonds. The van der Waals surface area contributed by atoms with Crippen LogP contribution in [0.15, 0.2) is 28.1 Å². The number of benzene rings is 1. The highest BCUT2D eigenvalue weighted by atomic mass is 32.2. The van der Waals surface area contributed by atoms with Crippen molar-refractivity contribution in [2.45, 2.75) is 11.8 Å². The Hall–Kier alpha value is -1.63. The Labute approximate surface area is 99.5 Å². The minimum atomic E-state index is -3.60. The molecule has 0 radical (unpaired) electrons. The van der Waals surface area contributed by atoms with Crippen molar-refractivity contribution in [1.82, 2.24) is 0 Å². The van der Waals surface area contributed by atoms with Crippen LogP contribution in [0.5, 0.6) is 0 Å². The van der Waals surface area contributed by atoms with Gasteiger partial charge in [-0.3, -0.25) is 4.99 Å². The van der Waals surface area contributed by atoms with Gasteiger partial charge in [-0.15, -0.1) is 0 Å². The zero-order valence-corrected chi connectivity index (χ0v) is 10.4. The van der Waals surface area contributed by atoms with Crippen molar-refractivity contribution in [3.05, 3.63) is 24.0 Å². The van der Waals surface area contributed by atoms with Crippen molar-refractivity contribution in [2.75, 3.05) is 18.1 Å². The quantitative estimate of drug-likeness (QED) is 0.626. The highest BCUT2D eigenvalue weighted by molar-refractivity contribution is 7.90. The summed E-state index contributed by atoms with van der Waals surface area (Å²) in [6.45, 7) is 2.23. The van der Waals surface area contributed by atoms with E-state index in [9.17, 15) is 12.8 Å². The first kappa shape index (κ1) is 13.4. The van der Waals surface area contributed by atoms with Gasteiger partial charge >= 0.3 is 0 Å². The second kappa shape index (κ2) is 5.13. The van der Waals surface area contributed by atoms with Crippen molar-refractivity contribution < 1.29 is 12.8 Å². The van der Waals surface area contributed by atoms with Gasteiger partial charge < -0.3 is 11.1 Å². The number of anilines is 1. The number of nitrogens with zero attached hydrogens (tertiary/aromatic N) is 1. The van der Waals surface area contributed by atoms with Crippen LogP contribution in [-0.4, -0.2) is 27.2 Å². The average molecular weight is 259 g/mol. The molecule has 0 spiro atoms. The molecule has 0 atom stereocenters. The molecule has 0 unspecified atom stereocenters. The summed E-state index contributed by atoms with van der Waals surface area (Å²) in [5, 5.41) is 2.51. The summed E-state index contributed by atoms with van der Waals surface area (Å²) in [6, 6.07) is 4.02. The van der Waals surface area contributed by atoms with Gasteiger partial charge in [0.25, 0.3) is 0 Å². The van der Waals surface area contributed by atoms with E-state index < -0.39 is 15.7 Å². The number of sulfone groups is 1. The number of hydrogen-bond acceptors (Lipinski definition) is 3. The van der Waals surface area contributed by atoms with Gasteiger partial charge in [-0.25, -0.2) is 12.8 Å². The van der Waals surface area contributed by atoms with Gasteiger partial charge in [0.15, 0.2) is 21.6 Å². The third-order valence-corrected chi connectivity index (χ3v) is 3.07. The third-order valence-electron chi connectivity index (χ3n) is 1.95. The summed E-state index contributed by atoms with van der Waals surface area (Å²) >= 11 is 0. The lowest BCUT2D eigenvalue weighted by atomic mass is 10.3. The van der Waals surface area contributed by atoms with Crippen LogP contribution >= 0.6 is 0 Å². The zero-order chi connectivity index (χ0) is 13.1. The predicted octanol–water partition coefficient (Wildman–Crippen LogP) is 0.976. The maximum atomic E-state index is 13.8. The first-order valence-corrected chi connectivity index (χ1v) is 6.81. The lowest BCUT2D eigenvalue weighted by molar-refractivity contribution is 0.573. The molecular formula is C10H14FN3O2S. The molecule has 5 nitrogen and oxygen atoms in total. The molecule has 1 rings (SSSR count). The molecule has 94 valence electrons. The fraction of sp³-hybridized carbons (Fsp3) is 0.300. The van der Waals surface area contributed by atoms with E-state index in [-0.39, 0.29) is 16.5 Å². The Kier molecular flexibility index (Phi) is 4.06. The van der Waals surface area contributed by atoms with E-state index in [1.807, 2.05) is 0 Å². The Morgan fingerprint density at radius 1 is 1.53 bits per heavy atom. The van der Waals surface area contributed by atoms with E-state index in [2.05, 4.69) is 10.3 Å². The van der Waals surface area contributed by atoms with Gasteiger partial charge in [0.2, 0.25) is 0 Å². The van der Waals surface area contributed by atoms with Gasteiger partial charge in [-0.1, -0.05) is 6.07 Å². The van der Waals surface area contributed by atoms with E-state index in [4.69, 9.17) is 5.73 Å². The standard InChI is InChI=1S/C10H14FN3O2S/c1-3-13-10(12)14-7-5-4-6-8(9(7)11)17(2,15)16/h4-6H,3H2,1-2H3,(H3,12,13,14). The Bertz CT molecular complexity index is 540. The maximum absolute atomic E-state index is 13.8. The van der Waals surface area contributed by atoms with Gasteiger partial charge in [-0.05, 0) is 19.1 Å². The SMILES string of the molecule is CC/N=C(\N)Nc1cccc(S(C)(=O)=O)c1F. The Morgan fingerprint density at radius 3 is 2.71 bits per heavy atom. The predicted molar refractivity (Wildman–Crippen MR) is 65.3 cm³/mol. The van der Waals surface area contributed by atoms with E-state index in [1.165, 1.54) is 18.2 Å². The number of rotatable bonds is 3. The molecule has 7 heteroatoms. The number of nitrogens with two attached hydrogens (primary N) is 1. The fourth-order valence-electron chi connectivity index (χ4n) is 1.24. The minimum absolute atomic E-state index is 0.0115. The summed E-state index contributed by atoms with van der Waals surface area (Å²) in [5.74, 6) is -0.818. The fourth-order valence-corrected chi connectivity index (χ4v) is 2.00. The van der Waals surface area contributed by atoms with Crippen molar-refractivity contribution in [3.8, 4) is 0 Å². The number of halogens is 1. The average Bonchev–Trinajstić information content (AvgIpc) is 2.19. The van der Waals surface area contributed by atoms with Crippen LogP contribution in [0.3, 0.4) is 0 Å². The molecule has 0 aliphatic rings. The number of hydrogen-bond donors (Lipinski definition) is 2. The Morgan fingerprint density at radius 2 is 2.18 bits per heavy atom. The summed E-state index contributed by atoms with van der Waals surface area (Å²) in [5.41, 5.74) is 5.46. The number of aliphatic imine (C=N–C) groups is 1. The smallest absolute Gasteiger partial charge is 0.193 e. The highest BCUT2D eigenvalue weighted by Gasteiger charge is 2.16.